The van der Waals surface area contributed by atoms with E-state index in [1.54, 1.807) is 20.8 Å². The van der Waals surface area contributed by atoms with Crippen molar-refractivity contribution in [1.82, 2.24) is 25.8 Å². The van der Waals surface area contributed by atoms with E-state index >= 15 is 0 Å². The highest BCUT2D eigenvalue weighted by molar-refractivity contribution is 5.99. The number of ketones is 2. The zero-order valence-corrected chi connectivity index (χ0v) is 37.4. The van der Waals surface area contributed by atoms with Crippen LogP contribution < -0.4 is 16.0 Å². The fourth-order valence-corrected chi connectivity index (χ4v) is 8.38. The highest BCUT2D eigenvalue weighted by atomic mass is 16.6. The molecule has 1 aliphatic carbocycles. The summed E-state index contributed by atoms with van der Waals surface area (Å²) in [6, 6.07) is 22.7. The molecule has 63 heavy (non-hydrogen) atoms. The molecule has 3 N–H and O–H groups in total. The van der Waals surface area contributed by atoms with E-state index in [1.165, 1.54) is 22.0 Å². The summed E-state index contributed by atoms with van der Waals surface area (Å²) in [7, 11) is 0. The van der Waals surface area contributed by atoms with Gasteiger partial charge in [0.2, 0.25) is 11.8 Å². The minimum atomic E-state index is -1.07. The molecular formula is C50H61N5O8. The third-order valence-corrected chi connectivity index (χ3v) is 11.5. The molecule has 0 radical (unpaired) electrons. The number of benzene rings is 3. The first-order valence-electron chi connectivity index (χ1n) is 21.9. The van der Waals surface area contributed by atoms with Gasteiger partial charge in [0.05, 0.1) is 26.2 Å². The number of esters is 1. The fourth-order valence-electron chi connectivity index (χ4n) is 8.38. The van der Waals surface area contributed by atoms with Crippen molar-refractivity contribution >= 4 is 35.4 Å². The molecule has 13 heteroatoms. The van der Waals surface area contributed by atoms with Crippen molar-refractivity contribution in [3.8, 4) is 11.1 Å². The number of nitrogens with zero attached hydrogens (tertiary/aromatic N) is 2. The van der Waals surface area contributed by atoms with E-state index in [1.807, 2.05) is 94.4 Å². The lowest BCUT2D eigenvalue weighted by Crippen LogP contribution is -2.55. The quantitative estimate of drug-likeness (QED) is 0.144. The van der Waals surface area contributed by atoms with Crippen LogP contribution in [0.5, 0.6) is 0 Å². The molecule has 0 saturated carbocycles. The van der Waals surface area contributed by atoms with Gasteiger partial charge >= 0.3 is 12.1 Å². The normalized spacial score (nSPS) is 17.1. The maximum absolute atomic E-state index is 14.4. The Balaban J connectivity index is 1.14. The third-order valence-electron chi connectivity index (χ3n) is 11.5. The number of fused-ring (bicyclic) bond motifs is 3. The molecule has 0 spiro atoms. The number of hydrogen-bond donors (Lipinski definition) is 3. The van der Waals surface area contributed by atoms with Crippen LogP contribution >= 0.6 is 0 Å². The summed E-state index contributed by atoms with van der Waals surface area (Å²) in [6.45, 7) is 12.9. The molecule has 0 saturated heterocycles. The van der Waals surface area contributed by atoms with E-state index in [9.17, 15) is 28.8 Å². The van der Waals surface area contributed by atoms with E-state index in [0.717, 1.165) is 27.8 Å². The standard InChI is InChI=1S/C50H61N5O8/c1-8-32(4)45(48(60)63-50(5,6)7)52-35-25-37(57)29-55(27-35)46(58)43(22-31(2)3)51-34-24-36(56)28-54(26-34)47(59)44(23-33-16-10-9-11-17-33)53-49(61)62-30-42-40-20-14-12-18-38(40)39-19-13-15-21-41(39)42/h9-21,24-25,31-32,42-45,51-52H,8,22-23,26-30H2,1-7H3,(H,53,61)/t32-,43-,44-,45-/m0/s1. The monoisotopic (exact) mass is 859 g/mol. The molecule has 3 aliphatic rings. The second kappa shape index (κ2) is 20.3. The SMILES string of the molecule is CC[C@H](C)[C@H](NC1=CC(=O)CN(C(=O)[C@H](CC(C)C)NC2=CC(=O)CN(C(=O)[C@H](Cc3ccccc3)NC(=O)OCC3c4ccccc4-c4ccccc43)C2)C1)C(=O)OC(C)(C)C. The van der Waals surface area contributed by atoms with E-state index < -0.39 is 41.7 Å². The number of rotatable bonds is 16. The van der Waals surface area contributed by atoms with Crippen molar-refractivity contribution in [1.29, 1.82) is 0 Å². The highest BCUT2D eigenvalue weighted by Crippen LogP contribution is 2.44. The van der Waals surface area contributed by atoms with Crippen molar-refractivity contribution in [2.45, 2.75) is 97.4 Å². The molecule has 2 aliphatic heterocycles. The number of ether oxygens (including phenoxy) is 2. The topological polar surface area (TPSA) is 163 Å². The molecule has 3 aromatic rings. The van der Waals surface area contributed by atoms with Gasteiger partial charge in [0.15, 0.2) is 11.6 Å². The predicted octanol–water partition coefficient (Wildman–Crippen LogP) is 6.08. The largest absolute Gasteiger partial charge is 0.458 e. The van der Waals surface area contributed by atoms with Gasteiger partial charge in [-0.15, -0.1) is 0 Å². The number of nitrogens with one attached hydrogen (secondary N) is 3. The first kappa shape index (κ1) is 46.3. The average Bonchev–Trinajstić information content (AvgIpc) is 3.56. The smallest absolute Gasteiger partial charge is 0.407 e. The summed E-state index contributed by atoms with van der Waals surface area (Å²) in [4.78, 5) is 84.8. The Morgan fingerprint density at radius 3 is 1.78 bits per heavy atom. The molecule has 0 aromatic heterocycles. The van der Waals surface area contributed by atoms with Crippen molar-refractivity contribution in [3.63, 3.8) is 0 Å². The minimum Gasteiger partial charge on any atom is -0.458 e. The maximum Gasteiger partial charge on any atom is 0.407 e. The van der Waals surface area contributed by atoms with Crippen LogP contribution in [0, 0.1) is 11.8 Å². The van der Waals surface area contributed by atoms with Crippen LogP contribution in [0.1, 0.15) is 83.9 Å². The zero-order chi connectivity index (χ0) is 45.4. The Bertz CT molecular complexity index is 2200. The maximum atomic E-state index is 14.4. The van der Waals surface area contributed by atoms with Gasteiger partial charge in [0.25, 0.3) is 0 Å². The fraction of sp³-hybridized carbons (Fsp3) is 0.440. The molecular weight excluding hydrogens is 799 g/mol. The Kier molecular flexibility index (Phi) is 14.9. The molecule has 0 bridgehead atoms. The van der Waals surface area contributed by atoms with Gasteiger partial charge in [-0.05, 0) is 66.8 Å². The molecule has 3 amide bonds. The van der Waals surface area contributed by atoms with Crippen LogP contribution in [-0.4, -0.2) is 102 Å². The van der Waals surface area contributed by atoms with Gasteiger partial charge in [-0.2, -0.15) is 0 Å². The van der Waals surface area contributed by atoms with E-state index in [0.29, 0.717) is 24.2 Å². The summed E-state index contributed by atoms with van der Waals surface area (Å²) in [5.74, 6) is -2.21. The van der Waals surface area contributed by atoms with Gasteiger partial charge in [-0.1, -0.05) is 113 Å². The third kappa shape index (κ3) is 12.0. The molecule has 0 unspecified atom stereocenters. The van der Waals surface area contributed by atoms with Crippen LogP contribution in [0.15, 0.2) is 102 Å². The molecule has 0 fully saturated rings. The summed E-state index contributed by atoms with van der Waals surface area (Å²) in [5.41, 5.74) is 5.18. The second-order valence-electron chi connectivity index (χ2n) is 18.2. The molecule has 2 heterocycles. The van der Waals surface area contributed by atoms with Crippen molar-refractivity contribution < 1.29 is 38.2 Å². The van der Waals surface area contributed by atoms with Crippen LogP contribution in [-0.2, 0) is 39.9 Å². The predicted molar refractivity (Wildman–Crippen MR) is 240 cm³/mol. The first-order valence-corrected chi connectivity index (χ1v) is 21.9. The van der Waals surface area contributed by atoms with Crippen LogP contribution in [0.25, 0.3) is 11.1 Å². The lowest BCUT2D eigenvalue weighted by atomic mass is 9.97. The van der Waals surface area contributed by atoms with Crippen molar-refractivity contribution in [3.05, 3.63) is 119 Å². The lowest BCUT2D eigenvalue weighted by Gasteiger charge is -2.36. The van der Waals surface area contributed by atoms with Gasteiger partial charge in [0, 0.05) is 35.9 Å². The minimum absolute atomic E-state index is 0.0256. The number of alkyl carbamates (subject to hydrolysis) is 1. The van der Waals surface area contributed by atoms with Crippen LogP contribution in [0.2, 0.25) is 0 Å². The van der Waals surface area contributed by atoms with E-state index in [-0.39, 0.29) is 74.4 Å². The van der Waals surface area contributed by atoms with Crippen molar-refractivity contribution in [2.24, 2.45) is 11.8 Å². The number of carbonyl (C=O) groups excluding carboxylic acids is 6. The van der Waals surface area contributed by atoms with Crippen LogP contribution in [0.3, 0.4) is 0 Å². The molecule has 6 rings (SSSR count). The number of amides is 3. The van der Waals surface area contributed by atoms with E-state index in [2.05, 4.69) is 28.1 Å². The van der Waals surface area contributed by atoms with Gasteiger partial charge in [-0.3, -0.25) is 19.2 Å². The Morgan fingerprint density at radius 2 is 1.24 bits per heavy atom. The summed E-state index contributed by atoms with van der Waals surface area (Å²) < 4.78 is 11.5. The first-order chi connectivity index (χ1) is 30.0. The van der Waals surface area contributed by atoms with Gasteiger partial charge in [-0.25, -0.2) is 9.59 Å². The Morgan fingerprint density at radius 1 is 0.714 bits per heavy atom. The summed E-state index contributed by atoms with van der Waals surface area (Å²) >= 11 is 0. The summed E-state index contributed by atoms with van der Waals surface area (Å²) in [6.07, 6.45) is 3.26. The van der Waals surface area contributed by atoms with Gasteiger partial charge in [0.1, 0.15) is 30.3 Å². The molecule has 4 atom stereocenters. The second-order valence-corrected chi connectivity index (χ2v) is 18.2. The molecule has 334 valence electrons. The summed E-state index contributed by atoms with van der Waals surface area (Å²) in [5, 5.41) is 9.28. The van der Waals surface area contributed by atoms with Gasteiger partial charge < -0.3 is 35.2 Å². The van der Waals surface area contributed by atoms with E-state index in [4.69, 9.17) is 9.47 Å². The average molecular weight is 860 g/mol. The lowest BCUT2D eigenvalue weighted by molar-refractivity contribution is -0.158. The Hall–Kier alpha value is -6.24. The molecule has 3 aromatic carbocycles. The zero-order valence-electron chi connectivity index (χ0n) is 37.4. The van der Waals surface area contributed by atoms with Crippen LogP contribution in [0.4, 0.5) is 4.79 Å². The molecule has 13 nitrogen and oxygen atoms in total. The Labute approximate surface area is 370 Å². The number of hydrogen-bond acceptors (Lipinski definition) is 10. The highest BCUT2D eigenvalue weighted by Gasteiger charge is 2.36. The van der Waals surface area contributed by atoms with Crippen molar-refractivity contribution in [2.75, 3.05) is 32.8 Å². The number of carbonyl (C=O) groups is 6.